The highest BCUT2D eigenvalue weighted by atomic mass is 16.3. The Hall–Kier alpha value is -1.81. The third kappa shape index (κ3) is 3.20. The number of nitrogens with zero attached hydrogens (tertiary/aromatic N) is 3. The van der Waals surface area contributed by atoms with Crippen LogP contribution in [0.15, 0.2) is 42.6 Å². The van der Waals surface area contributed by atoms with Gasteiger partial charge in [-0.05, 0) is 24.8 Å². The average Bonchev–Trinajstić information content (AvgIpc) is 2.81. The minimum absolute atomic E-state index is 0.225. The first kappa shape index (κ1) is 13.2. The van der Waals surface area contributed by atoms with E-state index in [1.807, 2.05) is 35.1 Å². The summed E-state index contributed by atoms with van der Waals surface area (Å²) in [6, 6.07) is 12.4. The fourth-order valence-corrected chi connectivity index (χ4v) is 2.71. The van der Waals surface area contributed by atoms with Crippen molar-refractivity contribution < 1.29 is 5.11 Å². The lowest BCUT2D eigenvalue weighted by Crippen LogP contribution is -2.31. The SMILES string of the molecule is O[C@H]1CCCCN(c2ccn(Cc3ccccc3)n2)C1. The summed E-state index contributed by atoms with van der Waals surface area (Å²) in [7, 11) is 0. The summed E-state index contributed by atoms with van der Waals surface area (Å²) in [6.07, 6.45) is 4.92. The van der Waals surface area contributed by atoms with Crippen molar-refractivity contribution >= 4 is 5.82 Å². The van der Waals surface area contributed by atoms with Crippen molar-refractivity contribution in [3.8, 4) is 0 Å². The molecule has 20 heavy (non-hydrogen) atoms. The van der Waals surface area contributed by atoms with Crippen molar-refractivity contribution in [3.05, 3.63) is 48.2 Å². The minimum atomic E-state index is -0.225. The van der Waals surface area contributed by atoms with E-state index < -0.39 is 0 Å². The summed E-state index contributed by atoms with van der Waals surface area (Å²) in [6.45, 7) is 2.47. The van der Waals surface area contributed by atoms with Crippen LogP contribution >= 0.6 is 0 Å². The standard InChI is InChI=1S/C16H21N3O/c20-15-8-4-5-10-18(13-15)16-9-11-19(17-16)12-14-6-2-1-3-7-14/h1-3,6-7,9,11,15,20H,4-5,8,10,12-13H2/t15-/m0/s1. The number of hydrogen-bond acceptors (Lipinski definition) is 3. The molecule has 0 bridgehead atoms. The van der Waals surface area contributed by atoms with Crippen LogP contribution < -0.4 is 4.90 Å². The maximum absolute atomic E-state index is 9.89. The van der Waals surface area contributed by atoms with Gasteiger partial charge in [0, 0.05) is 25.4 Å². The second-order valence-electron chi connectivity index (χ2n) is 5.45. The number of anilines is 1. The van der Waals surface area contributed by atoms with Gasteiger partial charge in [-0.25, -0.2) is 0 Å². The zero-order valence-corrected chi connectivity index (χ0v) is 11.7. The first-order chi connectivity index (χ1) is 9.81. The Balaban J connectivity index is 1.69. The number of hydrogen-bond donors (Lipinski definition) is 1. The number of aliphatic hydroxyl groups is 1. The van der Waals surface area contributed by atoms with Gasteiger partial charge < -0.3 is 10.0 Å². The summed E-state index contributed by atoms with van der Waals surface area (Å²) in [5.74, 6) is 0.974. The van der Waals surface area contributed by atoms with Crippen molar-refractivity contribution in [1.29, 1.82) is 0 Å². The van der Waals surface area contributed by atoms with Crippen LogP contribution in [-0.2, 0) is 6.54 Å². The Morgan fingerprint density at radius 1 is 1.15 bits per heavy atom. The zero-order valence-electron chi connectivity index (χ0n) is 11.7. The molecule has 4 nitrogen and oxygen atoms in total. The number of benzene rings is 1. The van der Waals surface area contributed by atoms with E-state index in [0.717, 1.165) is 38.2 Å². The number of aromatic nitrogens is 2. The molecule has 1 fully saturated rings. The predicted molar refractivity (Wildman–Crippen MR) is 79.8 cm³/mol. The van der Waals surface area contributed by atoms with Gasteiger partial charge in [-0.1, -0.05) is 30.3 Å². The quantitative estimate of drug-likeness (QED) is 0.931. The van der Waals surface area contributed by atoms with Crippen LogP contribution in [0.4, 0.5) is 5.82 Å². The molecule has 0 unspecified atom stereocenters. The lowest BCUT2D eigenvalue weighted by Gasteiger charge is -2.21. The Morgan fingerprint density at radius 2 is 2.00 bits per heavy atom. The molecule has 2 heterocycles. The topological polar surface area (TPSA) is 41.3 Å². The van der Waals surface area contributed by atoms with Gasteiger partial charge in [0.25, 0.3) is 0 Å². The van der Waals surface area contributed by atoms with Gasteiger partial charge >= 0.3 is 0 Å². The largest absolute Gasteiger partial charge is 0.391 e. The van der Waals surface area contributed by atoms with Gasteiger partial charge in [-0.3, -0.25) is 4.68 Å². The molecule has 1 aliphatic rings. The lowest BCUT2D eigenvalue weighted by atomic mass is 10.2. The van der Waals surface area contributed by atoms with E-state index in [0.29, 0.717) is 6.54 Å². The average molecular weight is 271 g/mol. The monoisotopic (exact) mass is 271 g/mol. The number of β-amino-alcohol motifs (C(OH)–C–C–N with tert-alkyl or cyclic N) is 1. The van der Waals surface area contributed by atoms with E-state index in [9.17, 15) is 5.11 Å². The molecule has 0 saturated carbocycles. The molecule has 1 N–H and O–H groups in total. The Labute approximate surface area is 119 Å². The Morgan fingerprint density at radius 3 is 2.85 bits per heavy atom. The van der Waals surface area contributed by atoms with Crippen LogP contribution in [0.25, 0.3) is 0 Å². The summed E-state index contributed by atoms with van der Waals surface area (Å²) in [5.41, 5.74) is 1.25. The highest BCUT2D eigenvalue weighted by Crippen LogP contribution is 2.18. The molecule has 0 amide bonds. The maximum atomic E-state index is 9.89. The molecule has 2 aromatic rings. The van der Waals surface area contributed by atoms with Crippen LogP contribution in [0.5, 0.6) is 0 Å². The van der Waals surface area contributed by atoms with Crippen LogP contribution in [0.1, 0.15) is 24.8 Å². The molecule has 106 valence electrons. The fourth-order valence-electron chi connectivity index (χ4n) is 2.71. The maximum Gasteiger partial charge on any atom is 0.150 e. The second-order valence-corrected chi connectivity index (χ2v) is 5.45. The lowest BCUT2D eigenvalue weighted by molar-refractivity contribution is 0.174. The molecule has 0 spiro atoms. The van der Waals surface area contributed by atoms with Crippen molar-refractivity contribution in [2.24, 2.45) is 0 Å². The fraction of sp³-hybridized carbons (Fsp3) is 0.438. The van der Waals surface area contributed by atoms with Gasteiger partial charge in [0.1, 0.15) is 0 Å². The normalized spacial score (nSPS) is 19.9. The van der Waals surface area contributed by atoms with Gasteiger partial charge in [0.15, 0.2) is 5.82 Å². The predicted octanol–water partition coefficient (Wildman–Crippen LogP) is 2.28. The molecule has 1 aromatic heterocycles. The summed E-state index contributed by atoms with van der Waals surface area (Å²) < 4.78 is 1.96. The molecule has 4 heteroatoms. The van der Waals surface area contributed by atoms with E-state index in [-0.39, 0.29) is 6.10 Å². The van der Waals surface area contributed by atoms with Crippen LogP contribution in [0, 0.1) is 0 Å². The number of rotatable bonds is 3. The first-order valence-electron chi connectivity index (χ1n) is 7.32. The van der Waals surface area contributed by atoms with Gasteiger partial charge in [0.2, 0.25) is 0 Å². The van der Waals surface area contributed by atoms with E-state index >= 15 is 0 Å². The minimum Gasteiger partial charge on any atom is -0.391 e. The molecular formula is C16H21N3O. The molecule has 1 atom stereocenters. The second kappa shape index (κ2) is 6.09. The van der Waals surface area contributed by atoms with E-state index in [1.54, 1.807) is 0 Å². The van der Waals surface area contributed by atoms with E-state index in [2.05, 4.69) is 22.1 Å². The van der Waals surface area contributed by atoms with Crippen LogP contribution in [0.2, 0.25) is 0 Å². The van der Waals surface area contributed by atoms with Crippen LogP contribution in [0.3, 0.4) is 0 Å². The molecule has 1 aromatic carbocycles. The highest BCUT2D eigenvalue weighted by molar-refractivity contribution is 5.37. The first-order valence-corrected chi connectivity index (χ1v) is 7.32. The molecule has 3 rings (SSSR count). The highest BCUT2D eigenvalue weighted by Gasteiger charge is 2.17. The molecule has 0 aliphatic carbocycles. The van der Waals surface area contributed by atoms with Crippen LogP contribution in [-0.4, -0.2) is 34.1 Å². The van der Waals surface area contributed by atoms with Crippen molar-refractivity contribution in [1.82, 2.24) is 9.78 Å². The Bertz CT molecular complexity index is 538. The van der Waals surface area contributed by atoms with Crippen molar-refractivity contribution in [2.45, 2.75) is 31.9 Å². The summed E-state index contributed by atoms with van der Waals surface area (Å²) in [5, 5.41) is 14.5. The van der Waals surface area contributed by atoms with Gasteiger partial charge in [-0.2, -0.15) is 5.10 Å². The molecular weight excluding hydrogens is 250 g/mol. The van der Waals surface area contributed by atoms with Gasteiger partial charge in [0.05, 0.1) is 12.6 Å². The molecule has 1 aliphatic heterocycles. The third-order valence-corrected chi connectivity index (χ3v) is 3.78. The van der Waals surface area contributed by atoms with Gasteiger partial charge in [-0.15, -0.1) is 0 Å². The van der Waals surface area contributed by atoms with Crippen molar-refractivity contribution in [2.75, 3.05) is 18.0 Å². The van der Waals surface area contributed by atoms with E-state index in [4.69, 9.17) is 0 Å². The number of aliphatic hydroxyl groups excluding tert-OH is 1. The zero-order chi connectivity index (χ0) is 13.8. The molecule has 1 saturated heterocycles. The Kier molecular flexibility index (Phi) is 4.02. The summed E-state index contributed by atoms with van der Waals surface area (Å²) in [4.78, 5) is 2.19. The van der Waals surface area contributed by atoms with Crippen molar-refractivity contribution in [3.63, 3.8) is 0 Å². The van der Waals surface area contributed by atoms with E-state index in [1.165, 1.54) is 5.56 Å². The summed E-state index contributed by atoms with van der Waals surface area (Å²) >= 11 is 0. The third-order valence-electron chi connectivity index (χ3n) is 3.78. The molecule has 0 radical (unpaired) electrons. The smallest absolute Gasteiger partial charge is 0.150 e.